The molecule has 0 aliphatic rings. The second-order valence-corrected chi connectivity index (χ2v) is 29.5. The molecule has 0 saturated carbocycles. The van der Waals surface area contributed by atoms with Crippen molar-refractivity contribution >= 4 is 19.8 Å². The first-order valence-electron chi connectivity index (χ1n) is 40.0. The molecule has 546 valence electrons. The number of ether oxygens (including phenoxy) is 2. The summed E-state index contributed by atoms with van der Waals surface area (Å²) in [6, 6.07) is 0. The molecule has 0 aromatic carbocycles. The van der Waals surface area contributed by atoms with Gasteiger partial charge in [-0.2, -0.15) is 0 Å². The molecule has 94 heavy (non-hydrogen) atoms. The van der Waals surface area contributed by atoms with Gasteiger partial charge in [0.15, 0.2) is 6.10 Å². The summed E-state index contributed by atoms with van der Waals surface area (Å²) in [4.78, 5) is 36.0. The van der Waals surface area contributed by atoms with Gasteiger partial charge in [0, 0.05) is 12.8 Å². The van der Waals surface area contributed by atoms with Crippen LogP contribution in [0.4, 0.5) is 0 Å². The van der Waals surface area contributed by atoms with Gasteiger partial charge in [-0.3, -0.25) is 18.6 Å². The number of allylic oxidation sites excluding steroid dienone is 16. The maximum atomic E-state index is 12.9. The monoisotopic (exact) mass is 1340 g/mol. The number of phosphoric ester groups is 1. The lowest BCUT2D eigenvalue weighted by atomic mass is 10.0. The van der Waals surface area contributed by atoms with Crippen molar-refractivity contribution in [1.29, 1.82) is 0 Å². The van der Waals surface area contributed by atoms with Gasteiger partial charge in [-0.25, -0.2) is 4.57 Å². The summed E-state index contributed by atoms with van der Waals surface area (Å²) in [5, 5.41) is 0. The average molecular weight is 1340 g/mol. The van der Waals surface area contributed by atoms with Crippen LogP contribution in [0.2, 0.25) is 0 Å². The Morgan fingerprint density at radius 1 is 0.340 bits per heavy atom. The van der Waals surface area contributed by atoms with Crippen LogP contribution in [0.15, 0.2) is 97.2 Å². The van der Waals surface area contributed by atoms with Gasteiger partial charge in [-0.1, -0.05) is 361 Å². The Balaban J connectivity index is 3.95. The summed E-state index contributed by atoms with van der Waals surface area (Å²) in [7, 11) is 1.48. The first-order valence-corrected chi connectivity index (χ1v) is 41.5. The molecular formula is C84H153NO8P+. The van der Waals surface area contributed by atoms with Gasteiger partial charge < -0.3 is 18.9 Å². The predicted octanol–water partition coefficient (Wildman–Crippen LogP) is 26.6. The van der Waals surface area contributed by atoms with Crippen molar-refractivity contribution < 1.29 is 42.1 Å². The lowest BCUT2D eigenvalue weighted by molar-refractivity contribution is -0.870. The van der Waals surface area contributed by atoms with E-state index in [0.717, 1.165) is 89.9 Å². The molecule has 0 heterocycles. The third kappa shape index (κ3) is 77.9. The number of quaternary nitrogens is 1. The normalized spacial score (nSPS) is 13.6. The topological polar surface area (TPSA) is 108 Å². The highest BCUT2D eigenvalue weighted by atomic mass is 31.2. The lowest BCUT2D eigenvalue weighted by Gasteiger charge is -2.24. The summed E-state index contributed by atoms with van der Waals surface area (Å²) in [6.45, 7) is 4.36. The molecule has 1 N–H and O–H groups in total. The number of nitrogens with zero attached hydrogens (tertiary/aromatic N) is 1. The maximum absolute atomic E-state index is 12.9. The Hall–Kier alpha value is -3.07. The number of phosphoric acid groups is 1. The summed E-state index contributed by atoms with van der Waals surface area (Å²) >= 11 is 0. The number of hydrogen-bond donors (Lipinski definition) is 1. The molecule has 10 heteroatoms. The molecule has 0 aromatic rings. The largest absolute Gasteiger partial charge is 0.472 e. The first kappa shape index (κ1) is 90.9. The fourth-order valence-corrected chi connectivity index (χ4v) is 12.3. The molecule has 2 atom stereocenters. The zero-order valence-corrected chi connectivity index (χ0v) is 63.3. The van der Waals surface area contributed by atoms with E-state index in [0.29, 0.717) is 17.4 Å². The lowest BCUT2D eigenvalue weighted by Crippen LogP contribution is -2.37. The van der Waals surface area contributed by atoms with Crippen molar-refractivity contribution in [2.75, 3.05) is 47.5 Å². The molecule has 0 radical (unpaired) electrons. The SMILES string of the molecule is CC/C=C\C/C=C\C/C=C\C/C=C\C/C=C\C/C=C\C/C=C\CCCCCCCCCCCC(=O)OC(COC(=O)CCCCCCCCCCCCCCCCCCCCCCCCCCCCC/C=C\CCCCCCCCCC)COP(=O)(O)OCC[N+](C)(C)C. The van der Waals surface area contributed by atoms with Crippen LogP contribution >= 0.6 is 7.82 Å². The Labute approximate surface area is 583 Å². The smallest absolute Gasteiger partial charge is 0.462 e. The van der Waals surface area contributed by atoms with E-state index < -0.39 is 26.5 Å². The van der Waals surface area contributed by atoms with Crippen molar-refractivity contribution in [1.82, 2.24) is 0 Å². The van der Waals surface area contributed by atoms with Crippen LogP contribution < -0.4 is 0 Å². The van der Waals surface area contributed by atoms with Gasteiger partial charge >= 0.3 is 19.8 Å². The van der Waals surface area contributed by atoms with Gasteiger partial charge in [-0.15, -0.1) is 0 Å². The van der Waals surface area contributed by atoms with Crippen LogP contribution in [-0.4, -0.2) is 74.9 Å². The van der Waals surface area contributed by atoms with E-state index >= 15 is 0 Å². The second-order valence-electron chi connectivity index (χ2n) is 28.1. The van der Waals surface area contributed by atoms with E-state index in [2.05, 4.69) is 111 Å². The van der Waals surface area contributed by atoms with Crippen molar-refractivity contribution in [3.63, 3.8) is 0 Å². The standard InChI is InChI=1S/C84H152NO8P/c1-6-8-10-12-14-16-18-20-22-24-26-28-30-32-34-36-38-39-40-41-42-43-44-45-47-48-50-52-54-56-58-60-62-64-66-68-70-72-74-76-83(86)90-80-82(81-92-94(88,89)91-79-78-85(3,4)5)93-84(87)77-75-73-71-69-67-65-63-61-59-57-55-53-51-49-46-37-35-33-31-29-27-25-23-21-19-17-15-13-11-9-7-2/h9,11,15,17,21,23-24,26-27,29,33,35,46,49,53,55,82H,6-8,10,12-14,16,18-20,22,25,28,30-32,34,36-45,47-48,50-52,54,56-81H2,1-5H3/p+1/b11-9-,17-15-,23-21-,26-24-,29-27-,35-33-,49-46-,55-53-. The van der Waals surface area contributed by atoms with Crippen LogP contribution in [0, 0.1) is 0 Å². The highest BCUT2D eigenvalue weighted by Gasteiger charge is 2.27. The Bertz CT molecular complexity index is 1910. The fourth-order valence-electron chi connectivity index (χ4n) is 11.5. The van der Waals surface area contributed by atoms with Crippen molar-refractivity contribution in [2.45, 2.75) is 380 Å². The summed E-state index contributed by atoms with van der Waals surface area (Å²) in [5.74, 6) is -0.793. The number of hydrogen-bond acceptors (Lipinski definition) is 7. The quantitative estimate of drug-likeness (QED) is 0.0211. The minimum absolute atomic E-state index is 0.0281. The van der Waals surface area contributed by atoms with Crippen LogP contribution in [-0.2, 0) is 32.7 Å². The number of carbonyl (C=O) groups excluding carboxylic acids is 2. The molecule has 0 spiro atoms. The van der Waals surface area contributed by atoms with E-state index in [1.807, 2.05) is 21.1 Å². The predicted molar refractivity (Wildman–Crippen MR) is 408 cm³/mol. The number of unbranched alkanes of at least 4 members (excludes halogenated alkanes) is 44. The average Bonchev–Trinajstić information content (AvgIpc) is 1.66. The van der Waals surface area contributed by atoms with E-state index in [9.17, 15) is 19.0 Å². The third-order valence-corrected chi connectivity index (χ3v) is 18.6. The van der Waals surface area contributed by atoms with Gasteiger partial charge in [0.1, 0.15) is 19.8 Å². The summed E-state index contributed by atoms with van der Waals surface area (Å²) < 4.78 is 34.8. The molecular weight excluding hydrogens is 1180 g/mol. The van der Waals surface area contributed by atoms with Crippen molar-refractivity contribution in [2.24, 2.45) is 0 Å². The van der Waals surface area contributed by atoms with E-state index in [-0.39, 0.29) is 32.0 Å². The fraction of sp³-hybridized carbons (Fsp3) is 0.786. The van der Waals surface area contributed by atoms with Crippen LogP contribution in [0.1, 0.15) is 373 Å². The summed E-state index contributed by atoms with van der Waals surface area (Å²) in [5.41, 5.74) is 0. The molecule has 9 nitrogen and oxygen atoms in total. The molecule has 0 saturated heterocycles. The first-order chi connectivity index (χ1) is 46.0. The zero-order valence-electron chi connectivity index (χ0n) is 62.4. The molecule has 0 bridgehead atoms. The minimum Gasteiger partial charge on any atom is -0.462 e. The van der Waals surface area contributed by atoms with Crippen molar-refractivity contribution in [3.8, 4) is 0 Å². The molecule has 0 rings (SSSR count). The highest BCUT2D eigenvalue weighted by Crippen LogP contribution is 2.43. The summed E-state index contributed by atoms with van der Waals surface area (Å²) in [6.07, 6.45) is 104. The molecule has 0 aliphatic carbocycles. The van der Waals surface area contributed by atoms with Crippen LogP contribution in [0.25, 0.3) is 0 Å². The van der Waals surface area contributed by atoms with E-state index in [1.165, 1.54) is 250 Å². The number of carbonyl (C=O) groups is 2. The highest BCUT2D eigenvalue weighted by molar-refractivity contribution is 7.47. The molecule has 0 amide bonds. The minimum atomic E-state index is -4.40. The number of rotatable bonds is 74. The third-order valence-electron chi connectivity index (χ3n) is 17.6. The zero-order chi connectivity index (χ0) is 68.3. The molecule has 0 fully saturated rings. The number of esters is 2. The van der Waals surface area contributed by atoms with Crippen LogP contribution in [0.5, 0.6) is 0 Å². The molecule has 0 aliphatic heterocycles. The van der Waals surface area contributed by atoms with E-state index in [4.69, 9.17) is 18.5 Å². The molecule has 0 aromatic heterocycles. The van der Waals surface area contributed by atoms with Crippen molar-refractivity contribution in [3.05, 3.63) is 97.2 Å². The van der Waals surface area contributed by atoms with Crippen LogP contribution in [0.3, 0.4) is 0 Å². The second kappa shape index (κ2) is 74.2. The Kier molecular flexibility index (Phi) is 71.7. The Morgan fingerprint density at radius 3 is 0.915 bits per heavy atom. The maximum Gasteiger partial charge on any atom is 0.472 e. The van der Waals surface area contributed by atoms with E-state index in [1.54, 1.807) is 0 Å². The number of likely N-dealkylation sites (N-methyl/N-ethyl adjacent to an activating group) is 1. The Morgan fingerprint density at radius 2 is 0.606 bits per heavy atom. The van der Waals surface area contributed by atoms with Gasteiger partial charge in [0.25, 0.3) is 0 Å². The van der Waals surface area contributed by atoms with Gasteiger partial charge in [0.2, 0.25) is 0 Å². The van der Waals surface area contributed by atoms with Gasteiger partial charge in [0.05, 0.1) is 27.7 Å². The molecule has 2 unspecified atom stereocenters. The van der Waals surface area contributed by atoms with Gasteiger partial charge in [-0.05, 0) is 96.3 Å².